The number of hydrogen-bond donors (Lipinski definition) is 0. The molecule has 2 unspecified atom stereocenters. The number of rotatable bonds is 4. The molecule has 1 rings (SSSR count). The van der Waals surface area contributed by atoms with E-state index in [9.17, 15) is 9.00 Å². The largest absolute Gasteiger partial charge is 0.464 e. The average molecular weight is 176 g/mol. The van der Waals surface area contributed by atoms with Crippen LogP contribution in [-0.2, 0) is 20.3 Å². The van der Waals surface area contributed by atoms with Gasteiger partial charge in [0, 0.05) is 22.3 Å². The third-order valence-electron chi connectivity index (χ3n) is 1.78. The number of carbonyl (C=O) groups is 1. The molecular formula is C7H12O3S. The zero-order chi connectivity index (χ0) is 8.27. The van der Waals surface area contributed by atoms with Gasteiger partial charge in [0.2, 0.25) is 0 Å². The minimum absolute atomic E-state index is 0.0329. The smallest absolute Gasteiger partial charge is 0.312 e. The Morgan fingerprint density at radius 3 is 2.82 bits per heavy atom. The van der Waals surface area contributed by atoms with Crippen LogP contribution in [0.5, 0.6) is 0 Å². The molecule has 1 aliphatic rings. The average Bonchev–Trinajstić information content (AvgIpc) is 2.01. The monoisotopic (exact) mass is 176 g/mol. The van der Waals surface area contributed by atoms with Gasteiger partial charge in [-0.15, -0.1) is 0 Å². The molecule has 0 spiro atoms. The Balaban J connectivity index is 2.12. The molecule has 0 saturated carbocycles. The lowest BCUT2D eigenvalue weighted by Gasteiger charge is -2.23. The Morgan fingerprint density at radius 2 is 2.45 bits per heavy atom. The fraction of sp³-hybridized carbons (Fsp3) is 0.857. The Labute approximate surface area is 68.6 Å². The van der Waals surface area contributed by atoms with E-state index in [1.54, 1.807) is 0 Å². The summed E-state index contributed by atoms with van der Waals surface area (Å²) in [5, 5.41) is 0. The molecule has 4 heteroatoms. The Kier molecular flexibility index (Phi) is 3.05. The Morgan fingerprint density at radius 1 is 1.73 bits per heavy atom. The van der Waals surface area contributed by atoms with E-state index >= 15 is 0 Å². The first-order valence-electron chi connectivity index (χ1n) is 3.75. The highest BCUT2D eigenvalue weighted by atomic mass is 32.2. The Hall–Kier alpha value is -0.380. The zero-order valence-electron chi connectivity index (χ0n) is 6.54. The third-order valence-corrected chi connectivity index (χ3v) is 3.11. The first-order chi connectivity index (χ1) is 5.24. The molecule has 3 nitrogen and oxygen atoms in total. The van der Waals surface area contributed by atoms with Gasteiger partial charge in [-0.2, -0.15) is 0 Å². The molecule has 0 aromatic heterocycles. The number of esters is 1. The molecule has 1 heterocycles. The molecule has 0 aromatic carbocycles. The molecule has 11 heavy (non-hydrogen) atoms. The number of ether oxygens (including phenoxy) is 1. The number of carbonyl (C=O) groups excluding carboxylic acids is 1. The first-order valence-corrected chi connectivity index (χ1v) is 5.24. The molecule has 1 fully saturated rings. The van der Waals surface area contributed by atoms with Crippen LogP contribution in [0.25, 0.3) is 0 Å². The van der Waals surface area contributed by atoms with E-state index in [4.69, 9.17) is 0 Å². The van der Waals surface area contributed by atoms with Crippen LogP contribution in [0.1, 0.15) is 13.3 Å². The lowest BCUT2D eigenvalue weighted by molar-refractivity contribution is -0.168. The molecule has 1 aliphatic heterocycles. The van der Waals surface area contributed by atoms with Crippen LogP contribution in [0.15, 0.2) is 0 Å². The first kappa shape index (κ1) is 8.71. The van der Waals surface area contributed by atoms with E-state index in [2.05, 4.69) is 4.74 Å². The molecule has 0 radical (unpaired) electrons. The predicted molar refractivity (Wildman–Crippen MR) is 42.6 cm³/mol. The maximum absolute atomic E-state index is 10.9. The molecular weight excluding hydrogens is 164 g/mol. The summed E-state index contributed by atoms with van der Waals surface area (Å²) in [5.41, 5.74) is 0. The van der Waals surface area contributed by atoms with E-state index in [-0.39, 0.29) is 11.9 Å². The van der Waals surface area contributed by atoms with E-state index < -0.39 is 10.8 Å². The van der Waals surface area contributed by atoms with Crippen LogP contribution < -0.4 is 0 Å². The topological polar surface area (TPSA) is 43.4 Å². The van der Waals surface area contributed by atoms with Crippen LogP contribution >= 0.6 is 0 Å². The van der Waals surface area contributed by atoms with Crippen molar-refractivity contribution in [3.05, 3.63) is 0 Å². The quantitative estimate of drug-likeness (QED) is 0.579. The van der Waals surface area contributed by atoms with E-state index in [0.29, 0.717) is 18.1 Å². The van der Waals surface area contributed by atoms with Gasteiger partial charge < -0.3 is 4.74 Å². The normalized spacial score (nSPS) is 25.5. The van der Waals surface area contributed by atoms with Crippen LogP contribution in [0.2, 0.25) is 0 Å². The van der Waals surface area contributed by atoms with Gasteiger partial charge in [-0.1, -0.05) is 6.92 Å². The van der Waals surface area contributed by atoms with Gasteiger partial charge in [-0.3, -0.25) is 9.00 Å². The van der Waals surface area contributed by atoms with Crippen molar-refractivity contribution < 1.29 is 13.7 Å². The van der Waals surface area contributed by atoms with E-state index in [0.717, 1.165) is 6.42 Å². The predicted octanol–water partition coefficient (Wildman–Crippen LogP) is 0.318. The standard InChI is InChI=1S/C7H12O3S/c1-2-11(9)4-3-6-5-10-7(6)8/h6H,2-5H2,1H3. The lowest BCUT2D eigenvalue weighted by atomic mass is 10.1. The van der Waals surface area contributed by atoms with Gasteiger partial charge in [0.05, 0.1) is 5.92 Å². The second-order valence-corrected chi connectivity index (χ2v) is 4.41. The second kappa shape index (κ2) is 3.85. The van der Waals surface area contributed by atoms with Crippen LogP contribution in [-0.4, -0.2) is 28.3 Å². The molecule has 2 atom stereocenters. The van der Waals surface area contributed by atoms with Crippen molar-refractivity contribution in [2.75, 3.05) is 18.1 Å². The fourth-order valence-electron chi connectivity index (χ4n) is 0.888. The van der Waals surface area contributed by atoms with Crippen LogP contribution in [0.3, 0.4) is 0 Å². The summed E-state index contributed by atoms with van der Waals surface area (Å²) in [6.45, 7) is 2.41. The second-order valence-electron chi connectivity index (χ2n) is 2.55. The summed E-state index contributed by atoms with van der Waals surface area (Å²) >= 11 is 0. The summed E-state index contributed by atoms with van der Waals surface area (Å²) < 4.78 is 15.5. The summed E-state index contributed by atoms with van der Waals surface area (Å²) in [5.74, 6) is 1.22. The van der Waals surface area contributed by atoms with Gasteiger partial charge in [-0.05, 0) is 6.42 Å². The minimum Gasteiger partial charge on any atom is -0.464 e. The van der Waals surface area contributed by atoms with Crippen molar-refractivity contribution in [2.45, 2.75) is 13.3 Å². The zero-order valence-corrected chi connectivity index (χ0v) is 7.36. The van der Waals surface area contributed by atoms with Gasteiger partial charge in [0.25, 0.3) is 0 Å². The minimum atomic E-state index is -0.738. The molecule has 1 saturated heterocycles. The van der Waals surface area contributed by atoms with Crippen LogP contribution in [0.4, 0.5) is 0 Å². The number of cyclic esters (lactones) is 1. The molecule has 0 aromatic rings. The van der Waals surface area contributed by atoms with Gasteiger partial charge in [0.1, 0.15) is 6.61 Å². The molecule has 0 N–H and O–H groups in total. The summed E-state index contributed by atoms with van der Waals surface area (Å²) in [7, 11) is -0.738. The Bertz CT molecular complexity index is 179. The molecule has 64 valence electrons. The highest BCUT2D eigenvalue weighted by Gasteiger charge is 2.30. The summed E-state index contributed by atoms with van der Waals surface area (Å²) in [4.78, 5) is 10.6. The fourth-order valence-corrected chi connectivity index (χ4v) is 1.72. The number of hydrogen-bond acceptors (Lipinski definition) is 3. The van der Waals surface area contributed by atoms with Crippen molar-refractivity contribution in [2.24, 2.45) is 5.92 Å². The highest BCUT2D eigenvalue weighted by Crippen LogP contribution is 2.16. The van der Waals surface area contributed by atoms with E-state index in [1.807, 2.05) is 6.92 Å². The van der Waals surface area contributed by atoms with Gasteiger partial charge in [0.15, 0.2) is 0 Å². The van der Waals surface area contributed by atoms with Crippen molar-refractivity contribution in [3.8, 4) is 0 Å². The molecule has 0 amide bonds. The van der Waals surface area contributed by atoms with Crippen LogP contribution in [0, 0.1) is 5.92 Å². The van der Waals surface area contributed by atoms with E-state index in [1.165, 1.54) is 0 Å². The van der Waals surface area contributed by atoms with Crippen molar-refractivity contribution in [1.82, 2.24) is 0 Å². The SMILES string of the molecule is CCS(=O)CCC1COC1=O. The van der Waals surface area contributed by atoms with Gasteiger partial charge in [-0.25, -0.2) is 0 Å². The summed E-state index contributed by atoms with van der Waals surface area (Å²) in [6, 6.07) is 0. The lowest BCUT2D eigenvalue weighted by Crippen LogP contribution is -2.35. The molecule has 0 bridgehead atoms. The maximum Gasteiger partial charge on any atom is 0.312 e. The maximum atomic E-state index is 10.9. The van der Waals surface area contributed by atoms with Crippen molar-refractivity contribution in [1.29, 1.82) is 0 Å². The highest BCUT2D eigenvalue weighted by molar-refractivity contribution is 7.84. The van der Waals surface area contributed by atoms with Gasteiger partial charge >= 0.3 is 5.97 Å². The van der Waals surface area contributed by atoms with Crippen molar-refractivity contribution >= 4 is 16.8 Å². The molecule has 0 aliphatic carbocycles. The van der Waals surface area contributed by atoms with Crippen molar-refractivity contribution in [3.63, 3.8) is 0 Å². The summed E-state index contributed by atoms with van der Waals surface area (Å²) in [6.07, 6.45) is 0.722. The third kappa shape index (κ3) is 2.29.